The number of hydrogen-bond acceptors (Lipinski definition) is 3. The van der Waals surface area contributed by atoms with Crippen LogP contribution in [0.15, 0.2) is 42.5 Å². The first-order valence-electron chi connectivity index (χ1n) is 9.28. The highest BCUT2D eigenvalue weighted by atomic mass is 35.5. The molecule has 5 heteroatoms. The first kappa shape index (κ1) is 18.2. The summed E-state index contributed by atoms with van der Waals surface area (Å²) in [7, 11) is 2.15. The van der Waals surface area contributed by atoms with Crippen molar-refractivity contribution in [2.24, 2.45) is 0 Å². The van der Waals surface area contributed by atoms with E-state index in [2.05, 4.69) is 22.6 Å². The lowest BCUT2D eigenvalue weighted by molar-refractivity contribution is 0.112. The van der Waals surface area contributed by atoms with Gasteiger partial charge >= 0.3 is 0 Å². The van der Waals surface area contributed by atoms with E-state index < -0.39 is 6.10 Å². The van der Waals surface area contributed by atoms with Crippen LogP contribution in [0.4, 0.5) is 0 Å². The molecule has 1 aromatic heterocycles. The lowest BCUT2D eigenvalue weighted by atomic mass is 10.1. The van der Waals surface area contributed by atoms with Crippen molar-refractivity contribution in [1.82, 2.24) is 9.47 Å². The zero-order chi connectivity index (χ0) is 19.0. The molecule has 3 aromatic rings. The standard InChI is InChI=1S/C22H23ClN2O2/c1-24-10-8-18-19-12-17(23)6-7-20(19)25(21(18)9-11-24)13-22(27)16-4-2-15(14-26)3-5-16/h2-7,12,14,22,27H,8-11,13H2,1H3. The highest BCUT2D eigenvalue weighted by Crippen LogP contribution is 2.32. The molecular formula is C22H23ClN2O2. The molecule has 0 fully saturated rings. The van der Waals surface area contributed by atoms with Gasteiger partial charge in [0.05, 0.1) is 12.6 Å². The van der Waals surface area contributed by atoms with Crippen molar-refractivity contribution in [3.8, 4) is 0 Å². The number of nitrogens with zero attached hydrogens (tertiary/aromatic N) is 2. The van der Waals surface area contributed by atoms with Gasteiger partial charge in [0.25, 0.3) is 0 Å². The molecule has 0 saturated carbocycles. The minimum atomic E-state index is -0.637. The van der Waals surface area contributed by atoms with Gasteiger partial charge in [-0.15, -0.1) is 0 Å². The van der Waals surface area contributed by atoms with Gasteiger partial charge in [-0.2, -0.15) is 0 Å². The highest BCUT2D eigenvalue weighted by molar-refractivity contribution is 6.31. The number of aliphatic hydroxyl groups is 1. The quantitative estimate of drug-likeness (QED) is 0.697. The van der Waals surface area contributed by atoms with Crippen LogP contribution in [-0.2, 0) is 19.4 Å². The van der Waals surface area contributed by atoms with E-state index in [-0.39, 0.29) is 0 Å². The summed E-state index contributed by atoms with van der Waals surface area (Å²) in [5.74, 6) is 0. The first-order valence-corrected chi connectivity index (χ1v) is 9.66. The van der Waals surface area contributed by atoms with E-state index >= 15 is 0 Å². The number of fused-ring (bicyclic) bond motifs is 3. The summed E-state index contributed by atoms with van der Waals surface area (Å²) >= 11 is 6.27. The normalized spacial score (nSPS) is 16.1. The van der Waals surface area contributed by atoms with Crippen LogP contribution in [0, 0.1) is 0 Å². The largest absolute Gasteiger partial charge is 0.387 e. The van der Waals surface area contributed by atoms with Crippen LogP contribution in [0.3, 0.4) is 0 Å². The summed E-state index contributed by atoms with van der Waals surface area (Å²) < 4.78 is 2.25. The monoisotopic (exact) mass is 382 g/mol. The third-order valence-corrected chi connectivity index (χ3v) is 5.77. The molecule has 2 aromatic carbocycles. The third-order valence-electron chi connectivity index (χ3n) is 5.54. The maximum Gasteiger partial charge on any atom is 0.150 e. The second-order valence-electron chi connectivity index (χ2n) is 7.30. The Morgan fingerprint density at radius 3 is 2.63 bits per heavy atom. The number of likely N-dealkylation sites (N-methyl/N-ethyl adjacent to an activating group) is 1. The Hall–Kier alpha value is -2.14. The van der Waals surface area contributed by atoms with Crippen LogP contribution < -0.4 is 0 Å². The van der Waals surface area contributed by atoms with Gasteiger partial charge in [-0.3, -0.25) is 4.79 Å². The van der Waals surface area contributed by atoms with E-state index in [0.29, 0.717) is 12.1 Å². The summed E-state index contributed by atoms with van der Waals surface area (Å²) in [6.07, 6.45) is 2.12. The molecule has 0 aliphatic carbocycles. The van der Waals surface area contributed by atoms with Gasteiger partial charge in [-0.1, -0.05) is 35.9 Å². The molecule has 1 aliphatic heterocycles. The number of benzene rings is 2. The topological polar surface area (TPSA) is 45.5 Å². The Bertz CT molecular complexity index is 978. The fraction of sp³-hybridized carbons (Fsp3) is 0.318. The predicted molar refractivity (Wildman–Crippen MR) is 109 cm³/mol. The minimum absolute atomic E-state index is 0.484. The summed E-state index contributed by atoms with van der Waals surface area (Å²) in [6.45, 7) is 2.51. The zero-order valence-electron chi connectivity index (χ0n) is 15.4. The van der Waals surface area contributed by atoms with Gasteiger partial charge in [0.15, 0.2) is 0 Å². The van der Waals surface area contributed by atoms with Gasteiger partial charge in [-0.25, -0.2) is 0 Å². The molecule has 4 nitrogen and oxygen atoms in total. The van der Waals surface area contributed by atoms with Crippen molar-refractivity contribution in [2.75, 3.05) is 20.1 Å². The molecular weight excluding hydrogens is 360 g/mol. The van der Waals surface area contributed by atoms with Crippen molar-refractivity contribution in [3.05, 3.63) is 69.9 Å². The maximum atomic E-state index is 10.9. The number of carbonyl (C=O) groups excluding carboxylic acids is 1. The molecule has 27 heavy (non-hydrogen) atoms. The van der Waals surface area contributed by atoms with E-state index in [1.165, 1.54) is 16.6 Å². The van der Waals surface area contributed by atoms with E-state index in [4.69, 9.17) is 11.6 Å². The molecule has 0 saturated heterocycles. The van der Waals surface area contributed by atoms with Gasteiger partial charge in [0, 0.05) is 46.7 Å². The Morgan fingerprint density at radius 2 is 1.89 bits per heavy atom. The van der Waals surface area contributed by atoms with Crippen LogP contribution in [0.1, 0.15) is 33.3 Å². The van der Waals surface area contributed by atoms with Gasteiger partial charge in [0.2, 0.25) is 0 Å². The van der Waals surface area contributed by atoms with Crippen molar-refractivity contribution in [3.63, 3.8) is 0 Å². The molecule has 2 heterocycles. The Morgan fingerprint density at radius 1 is 1.15 bits per heavy atom. The SMILES string of the molecule is CN1CCc2c(n(CC(O)c3ccc(C=O)cc3)c3ccc(Cl)cc23)CC1. The van der Waals surface area contributed by atoms with Crippen molar-refractivity contribution < 1.29 is 9.90 Å². The third kappa shape index (κ3) is 3.53. The zero-order valence-corrected chi connectivity index (χ0v) is 16.1. The maximum absolute atomic E-state index is 10.9. The number of aliphatic hydroxyl groups excluding tert-OH is 1. The number of carbonyl (C=O) groups is 1. The van der Waals surface area contributed by atoms with Crippen LogP contribution >= 0.6 is 11.6 Å². The lowest BCUT2D eigenvalue weighted by Gasteiger charge is -2.17. The summed E-state index contributed by atoms with van der Waals surface area (Å²) in [5, 5.41) is 12.8. The first-order chi connectivity index (χ1) is 13.1. The van der Waals surface area contributed by atoms with Gasteiger partial charge < -0.3 is 14.6 Å². The van der Waals surface area contributed by atoms with Crippen LogP contribution in [0.2, 0.25) is 5.02 Å². The minimum Gasteiger partial charge on any atom is -0.387 e. The Balaban J connectivity index is 1.75. The molecule has 0 amide bonds. The lowest BCUT2D eigenvalue weighted by Crippen LogP contribution is -2.21. The number of rotatable bonds is 4. The number of aldehydes is 1. The van der Waals surface area contributed by atoms with Crippen molar-refractivity contribution in [1.29, 1.82) is 0 Å². The second-order valence-corrected chi connectivity index (χ2v) is 7.74. The van der Waals surface area contributed by atoms with E-state index in [0.717, 1.165) is 48.3 Å². The molecule has 0 bridgehead atoms. The molecule has 1 atom stereocenters. The van der Waals surface area contributed by atoms with Crippen LogP contribution in [-0.4, -0.2) is 41.0 Å². The fourth-order valence-electron chi connectivity index (χ4n) is 4.01. The number of hydrogen-bond donors (Lipinski definition) is 1. The van der Waals surface area contributed by atoms with Crippen LogP contribution in [0.25, 0.3) is 10.9 Å². The average molecular weight is 383 g/mol. The molecule has 1 unspecified atom stereocenters. The van der Waals surface area contributed by atoms with E-state index in [1.807, 2.05) is 24.3 Å². The van der Waals surface area contributed by atoms with Crippen molar-refractivity contribution in [2.45, 2.75) is 25.5 Å². The predicted octanol–water partition coefficient (Wildman–Crippen LogP) is 3.87. The fourth-order valence-corrected chi connectivity index (χ4v) is 4.18. The summed E-state index contributed by atoms with van der Waals surface area (Å²) in [4.78, 5) is 13.2. The average Bonchev–Trinajstić information content (AvgIpc) is 2.82. The van der Waals surface area contributed by atoms with Gasteiger partial charge in [-0.05, 0) is 42.8 Å². The smallest absolute Gasteiger partial charge is 0.150 e. The summed E-state index contributed by atoms with van der Waals surface area (Å²) in [6, 6.07) is 13.1. The molecule has 1 aliphatic rings. The number of aromatic nitrogens is 1. The van der Waals surface area contributed by atoms with Crippen molar-refractivity contribution >= 4 is 28.8 Å². The second kappa shape index (κ2) is 7.47. The highest BCUT2D eigenvalue weighted by Gasteiger charge is 2.22. The Kier molecular flexibility index (Phi) is 5.04. The molecule has 0 spiro atoms. The van der Waals surface area contributed by atoms with E-state index in [9.17, 15) is 9.90 Å². The molecule has 1 N–H and O–H groups in total. The van der Waals surface area contributed by atoms with E-state index in [1.54, 1.807) is 12.1 Å². The molecule has 140 valence electrons. The molecule has 0 radical (unpaired) electrons. The van der Waals surface area contributed by atoms with Crippen LogP contribution in [0.5, 0.6) is 0 Å². The summed E-state index contributed by atoms with van der Waals surface area (Å²) in [5.41, 5.74) is 5.19. The molecule has 4 rings (SSSR count). The number of halogens is 1. The van der Waals surface area contributed by atoms with Gasteiger partial charge in [0.1, 0.15) is 6.29 Å². The Labute approximate surface area is 164 Å².